The average Bonchev–Trinajstić information content (AvgIpc) is 2.89. The molecule has 0 bridgehead atoms. The van der Waals surface area contributed by atoms with Gasteiger partial charge >= 0.3 is 5.97 Å². The highest BCUT2D eigenvalue weighted by molar-refractivity contribution is 7.98. The molecule has 35 heavy (non-hydrogen) atoms. The number of carbonyl (C=O) groups excluding carboxylic acids is 1. The van der Waals surface area contributed by atoms with Crippen LogP contribution in [0.25, 0.3) is 0 Å². The number of rotatable bonds is 9. The zero-order chi connectivity index (χ0) is 24.6. The molecule has 1 aliphatic rings. The number of anilines is 1. The summed E-state index contributed by atoms with van der Waals surface area (Å²) in [7, 11) is 0. The van der Waals surface area contributed by atoms with E-state index in [2.05, 4.69) is 44.5 Å². The third-order valence-electron chi connectivity index (χ3n) is 6.12. The summed E-state index contributed by atoms with van der Waals surface area (Å²) < 4.78 is 0. The first-order valence-electron chi connectivity index (χ1n) is 11.8. The Morgan fingerprint density at radius 1 is 1.06 bits per heavy atom. The number of piperidine rings is 1. The minimum atomic E-state index is -1.06. The molecule has 4 rings (SSSR count). The van der Waals surface area contributed by atoms with Gasteiger partial charge in [-0.3, -0.25) is 4.79 Å². The summed E-state index contributed by atoms with van der Waals surface area (Å²) in [5.74, 6) is 0.407. The third-order valence-corrected chi connectivity index (χ3v) is 7.23. The Morgan fingerprint density at radius 2 is 1.71 bits per heavy atom. The fourth-order valence-corrected chi connectivity index (χ4v) is 5.23. The van der Waals surface area contributed by atoms with E-state index >= 15 is 0 Å². The summed E-state index contributed by atoms with van der Waals surface area (Å²) in [5.41, 5.74) is 3.33. The maximum atomic E-state index is 12.9. The van der Waals surface area contributed by atoms with Gasteiger partial charge in [0.15, 0.2) is 0 Å². The van der Waals surface area contributed by atoms with Crippen LogP contribution in [0.3, 0.4) is 0 Å². The van der Waals surface area contributed by atoms with E-state index in [0.717, 1.165) is 31.5 Å². The van der Waals surface area contributed by atoms with E-state index in [4.69, 9.17) is 0 Å². The zero-order valence-electron chi connectivity index (χ0n) is 19.8. The van der Waals surface area contributed by atoms with Crippen LogP contribution in [-0.4, -0.2) is 51.8 Å². The quantitative estimate of drug-likeness (QED) is 0.462. The molecule has 0 radical (unpaired) electrons. The van der Waals surface area contributed by atoms with Gasteiger partial charge in [-0.25, -0.2) is 14.8 Å². The number of carbonyl (C=O) groups is 2. The average molecular weight is 491 g/mol. The molecule has 1 fully saturated rings. The molecule has 1 atom stereocenters. The van der Waals surface area contributed by atoms with Gasteiger partial charge in [0.1, 0.15) is 11.7 Å². The van der Waals surface area contributed by atoms with E-state index in [1.807, 2.05) is 43.3 Å². The Labute approximate surface area is 210 Å². The molecule has 3 aromatic rings. The lowest BCUT2D eigenvalue weighted by Gasteiger charge is -2.32. The molecule has 2 N–H and O–H groups in total. The van der Waals surface area contributed by atoms with Gasteiger partial charge in [0, 0.05) is 30.3 Å². The van der Waals surface area contributed by atoms with Crippen molar-refractivity contribution in [3.63, 3.8) is 0 Å². The number of amides is 1. The third kappa shape index (κ3) is 6.82. The van der Waals surface area contributed by atoms with Crippen LogP contribution in [0.15, 0.2) is 66.7 Å². The standard InChI is InChI=1S/C27H30N4O3S/c1-19-16-23(25(32)29-24(26(33)34)18-35-17-20-8-4-2-5-9-20)30-27(28-19)31-14-12-22(13-15-31)21-10-6-3-7-11-21/h2-11,16,22,24H,12-15,17-18H2,1H3,(H,29,32)(H,33,34). The Hall–Kier alpha value is -3.39. The van der Waals surface area contributed by atoms with E-state index in [1.165, 1.54) is 17.3 Å². The lowest BCUT2D eigenvalue weighted by atomic mass is 9.90. The van der Waals surface area contributed by atoms with Crippen molar-refractivity contribution in [2.24, 2.45) is 0 Å². The number of carboxylic acid groups (broad SMARTS) is 1. The molecule has 0 aliphatic carbocycles. The number of thioether (sulfide) groups is 1. The van der Waals surface area contributed by atoms with Crippen molar-refractivity contribution in [1.29, 1.82) is 0 Å². The van der Waals surface area contributed by atoms with Gasteiger partial charge in [0.05, 0.1) is 0 Å². The lowest BCUT2D eigenvalue weighted by Crippen LogP contribution is -2.43. The van der Waals surface area contributed by atoms with Crippen molar-refractivity contribution in [3.8, 4) is 0 Å². The largest absolute Gasteiger partial charge is 0.480 e. The minimum absolute atomic E-state index is 0.192. The van der Waals surface area contributed by atoms with E-state index in [1.54, 1.807) is 6.07 Å². The molecule has 1 saturated heterocycles. The van der Waals surface area contributed by atoms with Crippen molar-refractivity contribution >= 4 is 29.6 Å². The van der Waals surface area contributed by atoms with Gasteiger partial charge in [0.25, 0.3) is 5.91 Å². The number of aromatic nitrogens is 2. The van der Waals surface area contributed by atoms with Gasteiger partial charge in [-0.2, -0.15) is 11.8 Å². The van der Waals surface area contributed by atoms with Crippen molar-refractivity contribution < 1.29 is 14.7 Å². The van der Waals surface area contributed by atoms with Crippen LogP contribution in [0.4, 0.5) is 5.95 Å². The number of aliphatic carboxylic acids is 1. The summed E-state index contributed by atoms with van der Waals surface area (Å²) in [6, 6.07) is 20.9. The summed E-state index contributed by atoms with van der Waals surface area (Å²) in [5, 5.41) is 12.3. The van der Waals surface area contributed by atoms with Crippen LogP contribution in [0, 0.1) is 6.92 Å². The minimum Gasteiger partial charge on any atom is -0.480 e. The second-order valence-electron chi connectivity index (χ2n) is 8.73. The van der Waals surface area contributed by atoms with Crippen LogP contribution in [-0.2, 0) is 10.5 Å². The van der Waals surface area contributed by atoms with Crippen molar-refractivity contribution in [1.82, 2.24) is 15.3 Å². The number of benzene rings is 2. The first kappa shape index (κ1) is 24.7. The predicted molar refractivity (Wildman–Crippen MR) is 139 cm³/mol. The normalized spacial score (nSPS) is 14.9. The van der Waals surface area contributed by atoms with Gasteiger partial charge in [0.2, 0.25) is 5.95 Å². The number of carboxylic acids is 1. The Bertz CT molecular complexity index is 1140. The lowest BCUT2D eigenvalue weighted by molar-refractivity contribution is -0.138. The first-order chi connectivity index (χ1) is 17.0. The zero-order valence-corrected chi connectivity index (χ0v) is 20.6. The van der Waals surface area contributed by atoms with Crippen LogP contribution < -0.4 is 10.2 Å². The molecule has 1 unspecified atom stereocenters. The first-order valence-corrected chi connectivity index (χ1v) is 13.0. The molecule has 7 nitrogen and oxygen atoms in total. The topological polar surface area (TPSA) is 95.4 Å². The van der Waals surface area contributed by atoms with Crippen LogP contribution in [0.1, 0.15) is 46.1 Å². The molecular weight excluding hydrogens is 460 g/mol. The molecule has 2 aromatic carbocycles. The van der Waals surface area contributed by atoms with Crippen molar-refractivity contribution in [2.45, 2.75) is 37.5 Å². The van der Waals surface area contributed by atoms with Crippen molar-refractivity contribution in [3.05, 3.63) is 89.2 Å². The maximum Gasteiger partial charge on any atom is 0.327 e. The summed E-state index contributed by atoms with van der Waals surface area (Å²) in [4.78, 5) is 35.8. The van der Waals surface area contributed by atoms with Crippen LogP contribution in [0.2, 0.25) is 0 Å². The van der Waals surface area contributed by atoms with Crippen LogP contribution in [0.5, 0.6) is 0 Å². The maximum absolute atomic E-state index is 12.9. The molecule has 8 heteroatoms. The number of hydrogen-bond donors (Lipinski definition) is 2. The molecule has 1 aliphatic heterocycles. The molecule has 2 heterocycles. The smallest absolute Gasteiger partial charge is 0.327 e. The van der Waals surface area contributed by atoms with E-state index in [-0.39, 0.29) is 11.4 Å². The number of aryl methyl sites for hydroxylation is 1. The Balaban J connectivity index is 1.37. The van der Waals surface area contributed by atoms with E-state index in [0.29, 0.717) is 23.3 Å². The molecule has 0 saturated carbocycles. The highest BCUT2D eigenvalue weighted by atomic mass is 32.2. The van der Waals surface area contributed by atoms with Gasteiger partial charge in [-0.05, 0) is 42.9 Å². The summed E-state index contributed by atoms with van der Waals surface area (Å²) in [6.45, 7) is 3.43. The summed E-state index contributed by atoms with van der Waals surface area (Å²) >= 11 is 1.47. The number of hydrogen-bond acceptors (Lipinski definition) is 6. The number of nitrogens with one attached hydrogen (secondary N) is 1. The van der Waals surface area contributed by atoms with Gasteiger partial charge in [-0.1, -0.05) is 60.7 Å². The molecular formula is C27H30N4O3S. The van der Waals surface area contributed by atoms with Gasteiger partial charge < -0.3 is 15.3 Å². The van der Waals surface area contributed by atoms with Gasteiger partial charge in [-0.15, -0.1) is 0 Å². The Kier molecular flexibility index (Phi) is 8.36. The van der Waals surface area contributed by atoms with Crippen LogP contribution >= 0.6 is 11.8 Å². The SMILES string of the molecule is Cc1cc(C(=O)NC(CSCc2ccccc2)C(=O)O)nc(N2CCC(c3ccccc3)CC2)n1. The second-order valence-corrected chi connectivity index (χ2v) is 9.76. The monoisotopic (exact) mass is 490 g/mol. The molecule has 1 amide bonds. The summed E-state index contributed by atoms with van der Waals surface area (Å²) in [6.07, 6.45) is 1.98. The van der Waals surface area contributed by atoms with E-state index in [9.17, 15) is 14.7 Å². The Morgan fingerprint density at radius 3 is 2.37 bits per heavy atom. The fraction of sp³-hybridized carbons (Fsp3) is 0.333. The second kappa shape index (κ2) is 11.8. The predicted octanol–water partition coefficient (Wildman–Crippen LogP) is 4.29. The highest BCUT2D eigenvalue weighted by Crippen LogP contribution is 2.29. The molecule has 1 aromatic heterocycles. The molecule has 182 valence electrons. The fourth-order valence-electron chi connectivity index (χ4n) is 4.22. The highest BCUT2D eigenvalue weighted by Gasteiger charge is 2.25. The number of nitrogens with zero attached hydrogens (tertiary/aromatic N) is 3. The van der Waals surface area contributed by atoms with E-state index < -0.39 is 17.9 Å². The molecule has 0 spiro atoms. The van der Waals surface area contributed by atoms with Crippen molar-refractivity contribution in [2.75, 3.05) is 23.7 Å².